The Bertz CT molecular complexity index is 454. The molecule has 0 radical (unpaired) electrons. The summed E-state index contributed by atoms with van der Waals surface area (Å²) in [5.74, 6) is -0.0806. The molecule has 4 nitrogen and oxygen atoms in total. The molecule has 1 aliphatic rings. The Hall–Kier alpha value is -1.07. The maximum atomic E-state index is 12.3. The summed E-state index contributed by atoms with van der Waals surface area (Å²) in [6, 6.07) is 5.17. The quantitative estimate of drug-likeness (QED) is 0.780. The third-order valence-corrected chi connectivity index (χ3v) is 3.59. The Labute approximate surface area is 115 Å². The van der Waals surface area contributed by atoms with Crippen LogP contribution in [0.3, 0.4) is 0 Å². The van der Waals surface area contributed by atoms with E-state index in [0.717, 1.165) is 17.3 Å². The molecular formula is C13H17BrN2O2. The molecule has 1 amide bonds. The van der Waals surface area contributed by atoms with E-state index in [1.807, 2.05) is 0 Å². The first-order valence-corrected chi connectivity index (χ1v) is 6.74. The molecule has 1 aliphatic heterocycles. The van der Waals surface area contributed by atoms with E-state index in [9.17, 15) is 9.90 Å². The zero-order chi connectivity index (χ0) is 13.3. The Morgan fingerprint density at radius 1 is 1.50 bits per heavy atom. The SMILES string of the molecule is CC1(O)CCCN(C(=O)c2cc(N)cc(Br)c2)C1. The van der Waals surface area contributed by atoms with Crippen LogP contribution in [0.2, 0.25) is 0 Å². The van der Waals surface area contributed by atoms with E-state index in [2.05, 4.69) is 15.9 Å². The second-order valence-electron chi connectivity index (χ2n) is 5.10. The third kappa shape index (κ3) is 3.03. The van der Waals surface area contributed by atoms with Crippen LogP contribution in [-0.2, 0) is 0 Å². The summed E-state index contributed by atoms with van der Waals surface area (Å²) in [5.41, 5.74) is 6.05. The van der Waals surface area contributed by atoms with E-state index in [0.29, 0.717) is 24.3 Å². The summed E-state index contributed by atoms with van der Waals surface area (Å²) < 4.78 is 0.787. The number of amides is 1. The molecule has 0 saturated carbocycles. The molecule has 3 N–H and O–H groups in total. The minimum absolute atomic E-state index is 0.0806. The van der Waals surface area contributed by atoms with Gasteiger partial charge in [-0.3, -0.25) is 4.79 Å². The van der Waals surface area contributed by atoms with Crippen LogP contribution in [-0.4, -0.2) is 34.6 Å². The van der Waals surface area contributed by atoms with Crippen molar-refractivity contribution < 1.29 is 9.90 Å². The average Bonchev–Trinajstić information content (AvgIpc) is 2.25. The van der Waals surface area contributed by atoms with Gasteiger partial charge in [0.15, 0.2) is 0 Å². The van der Waals surface area contributed by atoms with E-state index in [-0.39, 0.29) is 5.91 Å². The number of β-amino-alcohol motifs (C(OH)–C–C–N with tert-alkyl or cyclic N) is 1. The van der Waals surface area contributed by atoms with Crippen molar-refractivity contribution in [3.63, 3.8) is 0 Å². The largest absolute Gasteiger partial charge is 0.399 e. The van der Waals surface area contributed by atoms with Crippen molar-refractivity contribution in [1.82, 2.24) is 4.90 Å². The summed E-state index contributed by atoms with van der Waals surface area (Å²) in [6.45, 7) is 2.82. The van der Waals surface area contributed by atoms with E-state index < -0.39 is 5.60 Å². The highest BCUT2D eigenvalue weighted by molar-refractivity contribution is 9.10. The minimum Gasteiger partial charge on any atom is -0.399 e. The van der Waals surface area contributed by atoms with Crippen molar-refractivity contribution in [2.75, 3.05) is 18.8 Å². The summed E-state index contributed by atoms with van der Waals surface area (Å²) in [7, 11) is 0. The van der Waals surface area contributed by atoms with Gasteiger partial charge in [-0.2, -0.15) is 0 Å². The molecule has 1 saturated heterocycles. The second-order valence-corrected chi connectivity index (χ2v) is 6.02. The number of aliphatic hydroxyl groups is 1. The number of nitrogens with zero attached hydrogens (tertiary/aromatic N) is 1. The van der Waals surface area contributed by atoms with Gasteiger partial charge in [-0.25, -0.2) is 0 Å². The average molecular weight is 313 g/mol. The Balaban J connectivity index is 2.20. The van der Waals surface area contributed by atoms with Gasteiger partial charge in [0.2, 0.25) is 0 Å². The molecule has 1 fully saturated rings. The maximum Gasteiger partial charge on any atom is 0.254 e. The zero-order valence-corrected chi connectivity index (χ0v) is 11.9. The number of hydrogen-bond donors (Lipinski definition) is 2. The van der Waals surface area contributed by atoms with Gasteiger partial charge in [-0.15, -0.1) is 0 Å². The number of nitrogens with two attached hydrogens (primary N) is 1. The number of carbonyl (C=O) groups excluding carboxylic acids is 1. The molecular weight excluding hydrogens is 296 g/mol. The van der Waals surface area contributed by atoms with Crippen molar-refractivity contribution >= 4 is 27.5 Å². The number of benzene rings is 1. The first-order chi connectivity index (χ1) is 8.37. The van der Waals surface area contributed by atoms with Gasteiger partial charge in [0, 0.05) is 28.8 Å². The number of likely N-dealkylation sites (tertiary alicyclic amines) is 1. The van der Waals surface area contributed by atoms with Crippen LogP contribution < -0.4 is 5.73 Å². The van der Waals surface area contributed by atoms with Gasteiger partial charge in [-0.05, 0) is 38.0 Å². The number of anilines is 1. The van der Waals surface area contributed by atoms with E-state index in [1.165, 1.54) is 0 Å². The number of hydrogen-bond acceptors (Lipinski definition) is 3. The number of halogens is 1. The molecule has 0 aliphatic carbocycles. The summed E-state index contributed by atoms with van der Waals surface area (Å²) in [4.78, 5) is 14.0. The predicted molar refractivity (Wildman–Crippen MR) is 74.3 cm³/mol. The van der Waals surface area contributed by atoms with Crippen molar-refractivity contribution in [3.8, 4) is 0 Å². The Morgan fingerprint density at radius 2 is 2.22 bits per heavy atom. The van der Waals surface area contributed by atoms with E-state index in [4.69, 9.17) is 5.73 Å². The lowest BCUT2D eigenvalue weighted by Gasteiger charge is -2.36. The molecule has 0 spiro atoms. The molecule has 1 heterocycles. The van der Waals surface area contributed by atoms with Gasteiger partial charge in [-0.1, -0.05) is 15.9 Å². The molecule has 1 atom stereocenters. The highest BCUT2D eigenvalue weighted by atomic mass is 79.9. The molecule has 1 unspecified atom stereocenters. The van der Waals surface area contributed by atoms with Crippen LogP contribution in [0.1, 0.15) is 30.1 Å². The van der Waals surface area contributed by atoms with Crippen molar-refractivity contribution in [1.29, 1.82) is 0 Å². The molecule has 0 aromatic heterocycles. The third-order valence-electron chi connectivity index (χ3n) is 3.13. The van der Waals surface area contributed by atoms with Gasteiger partial charge in [0.25, 0.3) is 5.91 Å². The normalized spacial score (nSPS) is 24.1. The topological polar surface area (TPSA) is 66.6 Å². The predicted octanol–water partition coefficient (Wildman–Crippen LogP) is 2.02. The number of piperidine rings is 1. The fourth-order valence-corrected chi connectivity index (χ4v) is 2.82. The molecule has 98 valence electrons. The standard InChI is InChI=1S/C13H17BrN2O2/c1-13(18)3-2-4-16(8-13)12(17)9-5-10(14)7-11(15)6-9/h5-7,18H,2-4,8,15H2,1H3. The summed E-state index contributed by atoms with van der Waals surface area (Å²) in [5, 5.41) is 10.0. The number of nitrogen functional groups attached to an aromatic ring is 1. The van der Waals surface area contributed by atoms with Crippen molar-refractivity contribution in [2.45, 2.75) is 25.4 Å². The van der Waals surface area contributed by atoms with Crippen molar-refractivity contribution in [3.05, 3.63) is 28.2 Å². The van der Waals surface area contributed by atoms with Gasteiger partial charge in [0.05, 0.1) is 5.60 Å². The van der Waals surface area contributed by atoms with Crippen LogP contribution in [0.4, 0.5) is 5.69 Å². The van der Waals surface area contributed by atoms with Crippen molar-refractivity contribution in [2.24, 2.45) is 0 Å². The fourth-order valence-electron chi connectivity index (χ4n) is 2.31. The van der Waals surface area contributed by atoms with Gasteiger partial charge >= 0.3 is 0 Å². The summed E-state index contributed by atoms with van der Waals surface area (Å²) in [6.07, 6.45) is 1.56. The lowest BCUT2D eigenvalue weighted by molar-refractivity contribution is -0.0107. The first-order valence-electron chi connectivity index (χ1n) is 5.95. The maximum absolute atomic E-state index is 12.3. The Morgan fingerprint density at radius 3 is 2.83 bits per heavy atom. The van der Waals surface area contributed by atoms with Gasteiger partial charge < -0.3 is 15.7 Å². The molecule has 5 heteroatoms. The van der Waals surface area contributed by atoms with Crippen LogP contribution in [0.25, 0.3) is 0 Å². The minimum atomic E-state index is -0.786. The monoisotopic (exact) mass is 312 g/mol. The number of rotatable bonds is 1. The smallest absolute Gasteiger partial charge is 0.254 e. The molecule has 0 bridgehead atoms. The lowest BCUT2D eigenvalue weighted by Crippen LogP contribution is -2.48. The van der Waals surface area contributed by atoms with Crippen LogP contribution in [0.15, 0.2) is 22.7 Å². The highest BCUT2D eigenvalue weighted by Crippen LogP contribution is 2.24. The molecule has 2 rings (SSSR count). The van der Waals surface area contributed by atoms with Crippen LogP contribution in [0.5, 0.6) is 0 Å². The number of carbonyl (C=O) groups is 1. The first kappa shape index (κ1) is 13.4. The molecule has 18 heavy (non-hydrogen) atoms. The van der Waals surface area contributed by atoms with Crippen LogP contribution >= 0.6 is 15.9 Å². The van der Waals surface area contributed by atoms with E-state index >= 15 is 0 Å². The molecule has 1 aromatic carbocycles. The fraction of sp³-hybridized carbons (Fsp3) is 0.462. The zero-order valence-electron chi connectivity index (χ0n) is 10.3. The second kappa shape index (κ2) is 4.90. The van der Waals surface area contributed by atoms with E-state index in [1.54, 1.807) is 30.0 Å². The van der Waals surface area contributed by atoms with Gasteiger partial charge in [0.1, 0.15) is 0 Å². The highest BCUT2D eigenvalue weighted by Gasteiger charge is 2.31. The molecule has 1 aromatic rings. The Kier molecular flexibility index (Phi) is 3.64. The lowest BCUT2D eigenvalue weighted by atomic mass is 9.94. The summed E-state index contributed by atoms with van der Waals surface area (Å²) >= 11 is 3.33. The van der Waals surface area contributed by atoms with Crippen LogP contribution in [0, 0.1) is 0 Å².